The van der Waals surface area contributed by atoms with Crippen LogP contribution in [0.3, 0.4) is 0 Å². The molecule has 0 unspecified atom stereocenters. The Balaban J connectivity index is 0.000001000. The smallest absolute Gasteiger partial charge is 0.550 e. The van der Waals surface area contributed by atoms with E-state index in [0.29, 0.717) is 5.82 Å². The molecule has 0 bridgehead atoms. The summed E-state index contributed by atoms with van der Waals surface area (Å²) in [5, 5.41) is 17.1. The molecule has 0 N–H and O–H groups in total. The molecule has 1 rings (SSSR count). The van der Waals surface area contributed by atoms with E-state index in [0.717, 1.165) is 0 Å². The molecule has 1 aromatic heterocycles. The Morgan fingerprint density at radius 2 is 2.45 bits per heavy atom. The number of rotatable bonds is 2. The average Bonchev–Trinajstić information content (AvgIpc) is 2.15. The van der Waals surface area contributed by atoms with E-state index in [4.69, 9.17) is 0 Å². The quantitative estimate of drug-likeness (QED) is 0.393. The Hall–Kier alpha value is -0.793. The molecule has 0 radical (unpaired) electrons. The maximum Gasteiger partial charge on any atom is 1.00 e. The number of nitrogens with zero attached hydrogens (tertiary/aromatic N) is 3. The van der Waals surface area contributed by atoms with Crippen LogP contribution in [0.1, 0.15) is 5.82 Å². The van der Waals surface area contributed by atoms with Gasteiger partial charge in [0.2, 0.25) is 0 Å². The Morgan fingerprint density at radius 1 is 1.82 bits per heavy atom. The molecule has 0 fully saturated rings. The second-order valence-electron chi connectivity index (χ2n) is 1.91. The van der Waals surface area contributed by atoms with Crippen molar-refractivity contribution in [2.75, 3.05) is 0 Å². The maximum atomic E-state index is 10.0. The topological polar surface area (TPSA) is 70.8 Å². The largest absolute Gasteiger partial charge is 1.00 e. The van der Waals surface area contributed by atoms with E-state index >= 15 is 0 Å². The summed E-state index contributed by atoms with van der Waals surface area (Å²) in [6.45, 7) is 0. The van der Waals surface area contributed by atoms with Crippen molar-refractivity contribution in [3.8, 4) is 0 Å². The van der Waals surface area contributed by atoms with E-state index in [1.807, 2.05) is 0 Å². The van der Waals surface area contributed by atoms with Crippen LogP contribution in [-0.4, -0.2) is 20.7 Å². The molecule has 1 aromatic rings. The zero-order valence-corrected chi connectivity index (χ0v) is 6.44. The number of carbonyl (C=O) groups excluding carboxylic acids is 1. The van der Waals surface area contributed by atoms with Gasteiger partial charge in [0.25, 0.3) is 0 Å². The summed E-state index contributed by atoms with van der Waals surface area (Å²) < 4.78 is 1.54. The number of aliphatic carboxylic acids is 1. The summed E-state index contributed by atoms with van der Waals surface area (Å²) in [5.74, 6) is -0.740. The third-order valence-electron chi connectivity index (χ3n) is 1.11. The van der Waals surface area contributed by atoms with Gasteiger partial charge in [-0.2, -0.15) is 0 Å². The normalized spacial score (nSPS) is 8.82. The molecule has 11 heavy (non-hydrogen) atoms. The summed E-state index contributed by atoms with van der Waals surface area (Å²) in [5.41, 5.74) is 0. The monoisotopic (exact) mass is 147 g/mol. The molecule has 0 saturated carbocycles. The van der Waals surface area contributed by atoms with Crippen LogP contribution in [0.5, 0.6) is 0 Å². The van der Waals surface area contributed by atoms with E-state index in [-0.39, 0.29) is 25.3 Å². The van der Waals surface area contributed by atoms with Crippen LogP contribution >= 0.6 is 0 Å². The number of aromatic nitrogens is 3. The van der Waals surface area contributed by atoms with Crippen molar-refractivity contribution in [3.63, 3.8) is 0 Å². The first kappa shape index (κ1) is 10.2. The predicted octanol–water partition coefficient (Wildman–Crippen LogP) is -4.89. The van der Waals surface area contributed by atoms with E-state index in [1.165, 1.54) is 10.9 Å². The summed E-state index contributed by atoms with van der Waals surface area (Å²) in [7, 11) is 1.68. The van der Waals surface area contributed by atoms with Crippen LogP contribution in [0, 0.1) is 0 Å². The van der Waals surface area contributed by atoms with Crippen molar-refractivity contribution in [2.45, 2.75) is 6.42 Å². The fraction of sp³-hybridized carbons (Fsp3) is 0.400. The minimum atomic E-state index is -1.14. The summed E-state index contributed by atoms with van der Waals surface area (Å²) in [6.07, 6.45) is 1.26. The molecule has 5 nitrogen and oxygen atoms in total. The minimum Gasteiger partial charge on any atom is -0.550 e. The fourth-order valence-corrected chi connectivity index (χ4v) is 0.596. The van der Waals surface area contributed by atoms with Gasteiger partial charge in [0.15, 0.2) is 0 Å². The van der Waals surface area contributed by atoms with Gasteiger partial charge in [-0.05, 0) is 0 Å². The van der Waals surface area contributed by atoms with Crippen molar-refractivity contribution in [2.24, 2.45) is 7.05 Å². The minimum absolute atomic E-state index is 0. The first-order valence-electron chi connectivity index (χ1n) is 2.73. The fourth-order valence-electron chi connectivity index (χ4n) is 0.596. The van der Waals surface area contributed by atoms with Gasteiger partial charge < -0.3 is 14.5 Å². The van der Waals surface area contributed by atoms with Gasteiger partial charge in [-0.1, -0.05) is 0 Å². The molecule has 6 heteroatoms. The molecule has 54 valence electrons. The van der Waals surface area contributed by atoms with Gasteiger partial charge in [-0.3, -0.25) is 0 Å². The Bertz CT molecular complexity index is 248. The molecule has 0 aliphatic rings. The number of carboxylic acids is 1. The van der Waals surface area contributed by atoms with Crippen molar-refractivity contribution in [3.05, 3.63) is 12.2 Å². The standard InChI is InChI=1S/C5H7N3O2.Li/c1-8-3-6-7-4(8)2-5(9)10;/h3H,2H2,1H3,(H,9,10);/q;+1/p-1. The molecule has 0 saturated heterocycles. The molecule has 0 aliphatic carbocycles. The zero-order chi connectivity index (χ0) is 7.56. The predicted molar refractivity (Wildman–Crippen MR) is 29.7 cm³/mol. The van der Waals surface area contributed by atoms with Gasteiger partial charge in [-0.15, -0.1) is 10.2 Å². The molecule has 1 heterocycles. The van der Waals surface area contributed by atoms with Crippen LogP contribution in [-0.2, 0) is 18.3 Å². The van der Waals surface area contributed by atoms with E-state index in [1.54, 1.807) is 7.05 Å². The van der Waals surface area contributed by atoms with Crippen molar-refractivity contribution in [1.82, 2.24) is 14.8 Å². The van der Waals surface area contributed by atoms with Crippen molar-refractivity contribution in [1.29, 1.82) is 0 Å². The molecule has 0 spiro atoms. The summed E-state index contributed by atoms with van der Waals surface area (Å²) in [4.78, 5) is 10.0. The second-order valence-corrected chi connectivity index (χ2v) is 1.91. The molecule has 0 amide bonds. The van der Waals surface area contributed by atoms with Gasteiger partial charge in [-0.25, -0.2) is 0 Å². The maximum absolute atomic E-state index is 10.0. The number of carbonyl (C=O) groups is 1. The first-order chi connectivity index (χ1) is 4.70. The van der Waals surface area contributed by atoms with Gasteiger partial charge in [0, 0.05) is 19.4 Å². The number of carboxylic acid groups (broad SMARTS) is 1. The van der Waals surface area contributed by atoms with Crippen LogP contribution in [0.25, 0.3) is 0 Å². The first-order valence-corrected chi connectivity index (χ1v) is 2.73. The van der Waals surface area contributed by atoms with Crippen LogP contribution in [0.2, 0.25) is 0 Å². The second kappa shape index (κ2) is 4.16. The Kier molecular flexibility index (Phi) is 3.86. The molecule has 0 atom stereocenters. The zero-order valence-electron chi connectivity index (χ0n) is 6.44. The number of hydrogen-bond acceptors (Lipinski definition) is 4. The molecule has 0 aromatic carbocycles. The van der Waals surface area contributed by atoms with Gasteiger partial charge in [0.1, 0.15) is 12.2 Å². The average molecular weight is 147 g/mol. The van der Waals surface area contributed by atoms with Crippen LogP contribution in [0.4, 0.5) is 0 Å². The Labute approximate surface area is 75.6 Å². The SMILES string of the molecule is Cn1cnnc1CC(=O)[O-].[Li+]. The van der Waals surface area contributed by atoms with E-state index < -0.39 is 5.97 Å². The molecular weight excluding hydrogens is 141 g/mol. The molecular formula is C5H6LiN3O2. The van der Waals surface area contributed by atoms with E-state index in [2.05, 4.69) is 10.2 Å². The van der Waals surface area contributed by atoms with Crippen LogP contribution < -0.4 is 24.0 Å². The third kappa shape index (κ3) is 2.74. The Morgan fingerprint density at radius 3 is 2.82 bits per heavy atom. The number of aryl methyl sites for hydroxylation is 1. The summed E-state index contributed by atoms with van der Waals surface area (Å²) >= 11 is 0. The number of hydrogen-bond donors (Lipinski definition) is 0. The van der Waals surface area contributed by atoms with Gasteiger partial charge in [0.05, 0.1) is 0 Å². The van der Waals surface area contributed by atoms with Crippen molar-refractivity contribution >= 4 is 5.97 Å². The van der Waals surface area contributed by atoms with Crippen LogP contribution in [0.15, 0.2) is 6.33 Å². The molecule has 0 aliphatic heterocycles. The van der Waals surface area contributed by atoms with Crippen molar-refractivity contribution < 1.29 is 28.8 Å². The summed E-state index contributed by atoms with van der Waals surface area (Å²) in [6, 6.07) is 0. The van der Waals surface area contributed by atoms with Gasteiger partial charge >= 0.3 is 18.9 Å². The van der Waals surface area contributed by atoms with E-state index in [9.17, 15) is 9.90 Å². The third-order valence-corrected chi connectivity index (χ3v) is 1.11.